The molecule has 5 rings (SSSR count). The SMILES string of the molecule is CCOCN1C(=O)C(n2cc(C3C=C(OC)C(n4cnc(C)c4)=CC3)nn2)CCc2ccccc21. The van der Waals surface area contributed by atoms with E-state index in [9.17, 15) is 4.79 Å². The molecule has 0 spiro atoms. The van der Waals surface area contributed by atoms with Crippen molar-refractivity contribution in [2.75, 3.05) is 25.3 Å². The maximum Gasteiger partial charge on any atom is 0.253 e. The summed E-state index contributed by atoms with van der Waals surface area (Å²) in [5, 5.41) is 8.84. The zero-order chi connectivity index (χ0) is 24.4. The summed E-state index contributed by atoms with van der Waals surface area (Å²) in [5.74, 6) is 0.732. The molecule has 2 aromatic heterocycles. The van der Waals surface area contributed by atoms with Crippen LogP contribution in [-0.4, -0.2) is 50.9 Å². The van der Waals surface area contributed by atoms with E-state index in [0.717, 1.165) is 46.9 Å². The van der Waals surface area contributed by atoms with Gasteiger partial charge in [0.25, 0.3) is 5.91 Å². The molecule has 1 aromatic carbocycles. The molecule has 0 saturated carbocycles. The summed E-state index contributed by atoms with van der Waals surface area (Å²) in [6.45, 7) is 4.64. The number of allylic oxidation sites excluding steroid dienone is 3. The molecular formula is C26H30N6O3. The van der Waals surface area contributed by atoms with Gasteiger partial charge in [-0.05, 0) is 50.8 Å². The molecule has 0 saturated heterocycles. The van der Waals surface area contributed by atoms with Crippen molar-refractivity contribution in [1.29, 1.82) is 0 Å². The Hall–Kier alpha value is -3.72. The minimum Gasteiger partial charge on any atom is -0.495 e. The van der Waals surface area contributed by atoms with Crippen molar-refractivity contribution in [2.24, 2.45) is 0 Å². The molecule has 2 aliphatic rings. The van der Waals surface area contributed by atoms with Crippen molar-refractivity contribution in [2.45, 2.75) is 45.1 Å². The van der Waals surface area contributed by atoms with Gasteiger partial charge in [0, 0.05) is 30.6 Å². The largest absolute Gasteiger partial charge is 0.495 e. The number of carbonyl (C=O) groups is 1. The molecule has 1 aliphatic carbocycles. The van der Waals surface area contributed by atoms with Crippen LogP contribution in [0.1, 0.15) is 48.7 Å². The summed E-state index contributed by atoms with van der Waals surface area (Å²) in [4.78, 5) is 19.6. The predicted octanol–water partition coefficient (Wildman–Crippen LogP) is 3.86. The third-order valence-corrected chi connectivity index (χ3v) is 6.55. The zero-order valence-corrected chi connectivity index (χ0v) is 20.3. The molecule has 182 valence electrons. The van der Waals surface area contributed by atoms with Gasteiger partial charge in [-0.2, -0.15) is 0 Å². The fraction of sp³-hybridized carbons (Fsp3) is 0.385. The Balaban J connectivity index is 1.39. The second-order valence-corrected chi connectivity index (χ2v) is 8.78. The number of benzene rings is 1. The Bertz CT molecular complexity index is 1270. The monoisotopic (exact) mass is 474 g/mol. The van der Waals surface area contributed by atoms with E-state index >= 15 is 0 Å². The quantitative estimate of drug-likeness (QED) is 0.517. The maximum absolute atomic E-state index is 13.6. The number of para-hydroxylation sites is 1. The molecule has 0 radical (unpaired) electrons. The lowest BCUT2D eigenvalue weighted by molar-refractivity contribution is -0.123. The molecular weight excluding hydrogens is 444 g/mol. The predicted molar refractivity (Wildman–Crippen MR) is 131 cm³/mol. The van der Waals surface area contributed by atoms with Gasteiger partial charge in [0.05, 0.1) is 30.5 Å². The molecule has 0 bridgehead atoms. The average molecular weight is 475 g/mol. The number of nitrogens with zero attached hydrogens (tertiary/aromatic N) is 6. The first kappa shape index (κ1) is 23.0. The topological polar surface area (TPSA) is 87.3 Å². The Morgan fingerprint density at radius 2 is 2.06 bits per heavy atom. The third kappa shape index (κ3) is 4.51. The second kappa shape index (κ2) is 9.87. The van der Waals surface area contributed by atoms with E-state index in [1.165, 1.54) is 0 Å². The number of hydrogen-bond acceptors (Lipinski definition) is 6. The highest BCUT2D eigenvalue weighted by Crippen LogP contribution is 2.34. The van der Waals surface area contributed by atoms with Crippen LogP contribution in [0.2, 0.25) is 0 Å². The van der Waals surface area contributed by atoms with Gasteiger partial charge < -0.3 is 14.0 Å². The number of imidazole rings is 1. The van der Waals surface area contributed by atoms with Crippen molar-refractivity contribution < 1.29 is 14.3 Å². The van der Waals surface area contributed by atoms with Crippen molar-refractivity contribution in [3.05, 3.63) is 77.8 Å². The molecule has 9 heteroatoms. The Kier molecular flexibility index (Phi) is 6.50. The van der Waals surface area contributed by atoms with Gasteiger partial charge >= 0.3 is 0 Å². The third-order valence-electron chi connectivity index (χ3n) is 6.55. The van der Waals surface area contributed by atoms with Crippen LogP contribution < -0.4 is 4.90 Å². The number of amides is 1. The summed E-state index contributed by atoms with van der Waals surface area (Å²) in [7, 11) is 1.66. The van der Waals surface area contributed by atoms with Crippen LogP contribution in [0.4, 0.5) is 5.69 Å². The Morgan fingerprint density at radius 3 is 2.83 bits per heavy atom. The van der Waals surface area contributed by atoms with Crippen molar-refractivity contribution in [3.63, 3.8) is 0 Å². The summed E-state index contributed by atoms with van der Waals surface area (Å²) in [6, 6.07) is 7.56. The molecule has 3 aromatic rings. The van der Waals surface area contributed by atoms with Crippen LogP contribution in [0.15, 0.2) is 60.9 Å². The van der Waals surface area contributed by atoms with Gasteiger partial charge in [0.1, 0.15) is 18.5 Å². The number of ether oxygens (including phenoxy) is 2. The molecule has 0 N–H and O–H groups in total. The lowest BCUT2D eigenvalue weighted by Crippen LogP contribution is -2.38. The first-order valence-corrected chi connectivity index (χ1v) is 11.9. The number of anilines is 1. The number of methoxy groups -OCH3 is 1. The number of rotatable bonds is 7. The molecule has 2 unspecified atom stereocenters. The van der Waals surface area contributed by atoms with Gasteiger partial charge in [-0.15, -0.1) is 5.10 Å². The van der Waals surface area contributed by atoms with Crippen LogP contribution in [0, 0.1) is 6.92 Å². The van der Waals surface area contributed by atoms with Gasteiger partial charge in [0.15, 0.2) is 0 Å². The smallest absolute Gasteiger partial charge is 0.253 e. The normalized spacial score (nSPS) is 20.2. The van der Waals surface area contributed by atoms with Crippen LogP contribution in [-0.2, 0) is 20.7 Å². The van der Waals surface area contributed by atoms with E-state index in [2.05, 4.69) is 33.5 Å². The van der Waals surface area contributed by atoms with E-state index in [1.807, 2.05) is 49.0 Å². The van der Waals surface area contributed by atoms with E-state index in [0.29, 0.717) is 13.0 Å². The van der Waals surface area contributed by atoms with Crippen LogP contribution in [0.5, 0.6) is 0 Å². The van der Waals surface area contributed by atoms with Crippen molar-refractivity contribution in [3.8, 4) is 0 Å². The number of fused-ring (bicyclic) bond motifs is 1. The highest BCUT2D eigenvalue weighted by molar-refractivity contribution is 5.97. The standard InChI is InChI=1S/C26H30N6O3/c1-4-35-17-31-22-8-6-5-7-19(22)9-12-24(26(31)33)32-15-21(28-29-32)20-10-11-23(25(13-20)34-3)30-14-18(2)27-16-30/h5-8,11,13-16,20,24H,4,9-10,12,17H2,1-3H3. The Morgan fingerprint density at radius 1 is 1.20 bits per heavy atom. The number of aryl methyl sites for hydroxylation is 2. The lowest BCUT2D eigenvalue weighted by Gasteiger charge is -2.25. The van der Waals surface area contributed by atoms with Gasteiger partial charge in [0.2, 0.25) is 0 Å². The van der Waals surface area contributed by atoms with Crippen LogP contribution >= 0.6 is 0 Å². The van der Waals surface area contributed by atoms with Gasteiger partial charge in [-0.3, -0.25) is 9.69 Å². The second-order valence-electron chi connectivity index (χ2n) is 8.78. The first-order valence-electron chi connectivity index (χ1n) is 11.9. The highest BCUT2D eigenvalue weighted by atomic mass is 16.5. The zero-order valence-electron chi connectivity index (χ0n) is 20.3. The van der Waals surface area contributed by atoms with Crippen molar-refractivity contribution >= 4 is 17.3 Å². The highest BCUT2D eigenvalue weighted by Gasteiger charge is 2.33. The van der Waals surface area contributed by atoms with E-state index in [1.54, 1.807) is 23.0 Å². The molecule has 1 aliphatic heterocycles. The minimum absolute atomic E-state index is 0.00433. The van der Waals surface area contributed by atoms with E-state index in [4.69, 9.17) is 9.47 Å². The molecule has 35 heavy (non-hydrogen) atoms. The first-order chi connectivity index (χ1) is 17.1. The van der Waals surface area contributed by atoms with Crippen LogP contribution in [0.3, 0.4) is 0 Å². The number of hydrogen-bond donors (Lipinski definition) is 0. The minimum atomic E-state index is -0.446. The van der Waals surface area contributed by atoms with E-state index in [-0.39, 0.29) is 18.6 Å². The summed E-state index contributed by atoms with van der Waals surface area (Å²) in [5.41, 5.74) is 4.75. The summed E-state index contributed by atoms with van der Waals surface area (Å²) >= 11 is 0. The number of aromatic nitrogens is 5. The molecule has 2 atom stereocenters. The molecule has 3 heterocycles. The molecule has 1 amide bonds. The lowest BCUT2D eigenvalue weighted by atomic mass is 9.95. The van der Waals surface area contributed by atoms with Crippen molar-refractivity contribution in [1.82, 2.24) is 24.5 Å². The Labute approximate surface area is 204 Å². The van der Waals surface area contributed by atoms with E-state index < -0.39 is 6.04 Å². The number of carbonyl (C=O) groups excluding carboxylic acids is 1. The van der Waals surface area contributed by atoms with Crippen LogP contribution in [0.25, 0.3) is 5.70 Å². The van der Waals surface area contributed by atoms with Gasteiger partial charge in [-0.1, -0.05) is 29.5 Å². The maximum atomic E-state index is 13.6. The molecule has 9 nitrogen and oxygen atoms in total. The summed E-state index contributed by atoms with van der Waals surface area (Å²) in [6.07, 6.45) is 12.0. The fourth-order valence-corrected chi connectivity index (χ4v) is 4.71. The van der Waals surface area contributed by atoms with Gasteiger partial charge in [-0.25, -0.2) is 9.67 Å². The summed E-state index contributed by atoms with van der Waals surface area (Å²) < 4.78 is 15.0. The average Bonchev–Trinajstić information content (AvgIpc) is 3.51. The molecule has 0 fully saturated rings. The fourth-order valence-electron chi connectivity index (χ4n) is 4.71.